The molecule has 1 atom stereocenters. The normalized spacial score (nSPS) is 11.8. The number of rotatable bonds is 6. The maximum Gasteiger partial charge on any atom is 0.258 e. The minimum absolute atomic E-state index is 0.145. The van der Waals surface area contributed by atoms with Crippen LogP contribution < -0.4 is 15.5 Å². The minimum Gasteiger partial charge on any atom is -0.478 e. The number of imidazole rings is 1. The highest BCUT2D eigenvalue weighted by Crippen LogP contribution is 2.20. The van der Waals surface area contributed by atoms with Gasteiger partial charge in [-0.2, -0.15) is 0 Å². The topological polar surface area (TPSA) is 78.2 Å². The number of nitrogens with one attached hydrogen (secondary N) is 1. The van der Waals surface area contributed by atoms with Gasteiger partial charge in [-0.25, -0.2) is 4.98 Å². The molecular formula is C20H22N4O3. The number of benzene rings is 1. The molecule has 0 aliphatic heterocycles. The number of aryl methyl sites for hydroxylation is 3. The van der Waals surface area contributed by atoms with Gasteiger partial charge in [0, 0.05) is 44.4 Å². The standard InChI is InChI=1S/C20H22N4O3/c1-14-11-16(25)17(12-24(14)3)27-13-18(26)22-19(15-7-5-4-6-8-15)20-21-9-10-23(20)2/h4-12,19H,13H2,1-3H3,(H,22,26). The molecule has 0 radical (unpaired) electrons. The number of pyridine rings is 1. The van der Waals surface area contributed by atoms with Crippen molar-refractivity contribution in [3.63, 3.8) is 0 Å². The zero-order valence-corrected chi connectivity index (χ0v) is 15.5. The molecule has 0 saturated carbocycles. The quantitative estimate of drug-likeness (QED) is 0.720. The Labute approximate surface area is 157 Å². The summed E-state index contributed by atoms with van der Waals surface area (Å²) in [6, 6.07) is 10.6. The molecule has 7 heteroatoms. The monoisotopic (exact) mass is 366 g/mol. The summed E-state index contributed by atoms with van der Waals surface area (Å²) >= 11 is 0. The molecule has 0 aliphatic carbocycles. The lowest BCUT2D eigenvalue weighted by molar-refractivity contribution is -0.123. The van der Waals surface area contributed by atoms with E-state index in [-0.39, 0.29) is 23.7 Å². The second-order valence-electron chi connectivity index (χ2n) is 6.35. The van der Waals surface area contributed by atoms with Gasteiger partial charge >= 0.3 is 0 Å². The molecule has 3 aromatic rings. The van der Waals surface area contributed by atoms with Crippen LogP contribution in [0.1, 0.15) is 23.1 Å². The lowest BCUT2D eigenvalue weighted by Gasteiger charge is -2.19. The van der Waals surface area contributed by atoms with Gasteiger partial charge in [0.1, 0.15) is 11.9 Å². The lowest BCUT2D eigenvalue weighted by atomic mass is 10.1. The van der Waals surface area contributed by atoms with E-state index in [2.05, 4.69) is 10.3 Å². The number of carbonyl (C=O) groups is 1. The Kier molecular flexibility index (Phi) is 5.40. The van der Waals surface area contributed by atoms with E-state index in [9.17, 15) is 9.59 Å². The van der Waals surface area contributed by atoms with Crippen LogP contribution in [0.2, 0.25) is 0 Å². The van der Waals surface area contributed by atoms with Gasteiger partial charge in [0.15, 0.2) is 12.4 Å². The third-order valence-corrected chi connectivity index (χ3v) is 4.36. The first-order valence-electron chi connectivity index (χ1n) is 8.57. The lowest BCUT2D eigenvalue weighted by Crippen LogP contribution is -2.35. The molecule has 1 N–H and O–H groups in total. The van der Waals surface area contributed by atoms with Crippen molar-refractivity contribution in [1.29, 1.82) is 0 Å². The highest BCUT2D eigenvalue weighted by Gasteiger charge is 2.21. The number of ether oxygens (including phenoxy) is 1. The third kappa shape index (κ3) is 4.25. The fraction of sp³-hybridized carbons (Fsp3) is 0.250. The van der Waals surface area contributed by atoms with Gasteiger partial charge < -0.3 is 19.2 Å². The van der Waals surface area contributed by atoms with Gasteiger partial charge in [0.2, 0.25) is 5.43 Å². The Balaban J connectivity index is 1.75. The molecule has 1 aromatic carbocycles. The van der Waals surface area contributed by atoms with Crippen LogP contribution in [0.4, 0.5) is 0 Å². The van der Waals surface area contributed by atoms with Crippen LogP contribution in [0.15, 0.2) is 59.8 Å². The van der Waals surface area contributed by atoms with E-state index in [0.717, 1.165) is 11.3 Å². The SMILES string of the molecule is Cc1cc(=O)c(OCC(=O)NC(c2ccccc2)c2nccn2C)cn1C. The molecule has 2 heterocycles. The van der Waals surface area contributed by atoms with E-state index in [4.69, 9.17) is 4.74 Å². The summed E-state index contributed by atoms with van der Waals surface area (Å²) < 4.78 is 9.07. The molecule has 2 aromatic heterocycles. The van der Waals surface area contributed by atoms with Crippen LogP contribution >= 0.6 is 0 Å². The molecular weight excluding hydrogens is 344 g/mol. The van der Waals surface area contributed by atoms with Crippen LogP contribution in [-0.2, 0) is 18.9 Å². The Morgan fingerprint density at radius 3 is 2.63 bits per heavy atom. The van der Waals surface area contributed by atoms with Crippen LogP contribution in [-0.4, -0.2) is 26.6 Å². The van der Waals surface area contributed by atoms with Gasteiger partial charge in [-0.05, 0) is 12.5 Å². The van der Waals surface area contributed by atoms with Crippen molar-refractivity contribution < 1.29 is 9.53 Å². The largest absolute Gasteiger partial charge is 0.478 e. The van der Waals surface area contributed by atoms with E-state index in [1.54, 1.807) is 17.0 Å². The molecule has 0 aliphatic rings. The summed E-state index contributed by atoms with van der Waals surface area (Å²) in [5.74, 6) is 0.516. The van der Waals surface area contributed by atoms with Crippen LogP contribution in [0, 0.1) is 6.92 Å². The Morgan fingerprint density at radius 1 is 1.22 bits per heavy atom. The number of hydrogen-bond donors (Lipinski definition) is 1. The smallest absolute Gasteiger partial charge is 0.258 e. The summed E-state index contributed by atoms with van der Waals surface area (Å²) in [6.07, 6.45) is 5.09. The van der Waals surface area contributed by atoms with Crippen LogP contribution in [0.25, 0.3) is 0 Å². The molecule has 3 rings (SSSR count). The molecule has 0 bridgehead atoms. The molecule has 140 valence electrons. The van der Waals surface area contributed by atoms with Gasteiger partial charge in [-0.1, -0.05) is 30.3 Å². The zero-order valence-electron chi connectivity index (χ0n) is 15.5. The Bertz CT molecular complexity index is 992. The predicted octanol–water partition coefficient (Wildman–Crippen LogP) is 1.71. The second-order valence-corrected chi connectivity index (χ2v) is 6.35. The van der Waals surface area contributed by atoms with E-state index >= 15 is 0 Å². The Hall–Kier alpha value is -3.35. The zero-order chi connectivity index (χ0) is 19.4. The fourth-order valence-corrected chi connectivity index (χ4v) is 2.76. The van der Waals surface area contributed by atoms with E-state index < -0.39 is 6.04 Å². The van der Waals surface area contributed by atoms with Crippen LogP contribution in [0.3, 0.4) is 0 Å². The minimum atomic E-state index is -0.414. The van der Waals surface area contributed by atoms with Crippen molar-refractivity contribution in [1.82, 2.24) is 19.4 Å². The van der Waals surface area contributed by atoms with Crippen molar-refractivity contribution in [2.45, 2.75) is 13.0 Å². The molecule has 0 spiro atoms. The number of aromatic nitrogens is 3. The van der Waals surface area contributed by atoms with E-state index in [1.807, 2.05) is 62.1 Å². The summed E-state index contributed by atoms with van der Waals surface area (Å²) in [5, 5.41) is 2.94. The molecule has 1 amide bonds. The highest BCUT2D eigenvalue weighted by molar-refractivity contribution is 5.78. The van der Waals surface area contributed by atoms with Gasteiger partial charge in [0.25, 0.3) is 5.91 Å². The van der Waals surface area contributed by atoms with Crippen molar-refractivity contribution >= 4 is 5.91 Å². The molecule has 1 unspecified atom stereocenters. The van der Waals surface area contributed by atoms with Crippen LogP contribution in [0.5, 0.6) is 5.75 Å². The maximum atomic E-state index is 12.5. The van der Waals surface area contributed by atoms with Gasteiger partial charge in [-0.15, -0.1) is 0 Å². The number of amides is 1. The maximum absolute atomic E-state index is 12.5. The van der Waals surface area contributed by atoms with E-state index in [0.29, 0.717) is 5.82 Å². The number of carbonyl (C=O) groups excluding carboxylic acids is 1. The number of nitrogens with zero attached hydrogens (tertiary/aromatic N) is 3. The van der Waals surface area contributed by atoms with Crippen molar-refractivity contribution in [2.24, 2.45) is 14.1 Å². The van der Waals surface area contributed by atoms with Gasteiger partial charge in [0.05, 0.1) is 0 Å². The Morgan fingerprint density at radius 2 is 1.96 bits per heavy atom. The summed E-state index contributed by atoms with van der Waals surface area (Å²) in [4.78, 5) is 28.8. The van der Waals surface area contributed by atoms with Crippen molar-refractivity contribution in [2.75, 3.05) is 6.61 Å². The first-order chi connectivity index (χ1) is 13.0. The predicted molar refractivity (Wildman–Crippen MR) is 102 cm³/mol. The third-order valence-electron chi connectivity index (χ3n) is 4.36. The first-order valence-corrected chi connectivity index (χ1v) is 8.57. The van der Waals surface area contributed by atoms with E-state index in [1.165, 1.54) is 6.07 Å². The van der Waals surface area contributed by atoms with Crippen molar-refractivity contribution in [3.8, 4) is 5.75 Å². The molecule has 27 heavy (non-hydrogen) atoms. The average molecular weight is 366 g/mol. The molecule has 0 saturated heterocycles. The number of hydrogen-bond acceptors (Lipinski definition) is 4. The molecule has 0 fully saturated rings. The molecule has 7 nitrogen and oxygen atoms in total. The fourth-order valence-electron chi connectivity index (χ4n) is 2.76. The van der Waals surface area contributed by atoms with Crippen molar-refractivity contribution in [3.05, 3.63) is 82.3 Å². The average Bonchev–Trinajstić information content (AvgIpc) is 3.08. The summed E-state index contributed by atoms with van der Waals surface area (Å²) in [5.41, 5.74) is 1.48. The first kappa shape index (κ1) is 18.4. The summed E-state index contributed by atoms with van der Waals surface area (Å²) in [7, 11) is 3.69. The van der Waals surface area contributed by atoms with Gasteiger partial charge in [-0.3, -0.25) is 9.59 Å². The summed E-state index contributed by atoms with van der Waals surface area (Å²) in [6.45, 7) is 1.57. The highest BCUT2D eigenvalue weighted by atomic mass is 16.5. The second kappa shape index (κ2) is 7.90.